The van der Waals surface area contributed by atoms with E-state index in [1.165, 1.54) is 53.2 Å². The summed E-state index contributed by atoms with van der Waals surface area (Å²) in [5.74, 6) is 0. The zero-order chi connectivity index (χ0) is 36.3. The molecule has 9 aromatic carbocycles. The molecule has 0 amide bonds. The van der Waals surface area contributed by atoms with E-state index >= 15 is 0 Å². The molecule has 11 aromatic rings. The highest BCUT2D eigenvalue weighted by atomic mass is 32.1. The van der Waals surface area contributed by atoms with E-state index in [-0.39, 0.29) is 0 Å². The molecule has 2 aromatic heterocycles. The Morgan fingerprint density at radius 3 is 1.76 bits per heavy atom. The molecule has 0 spiro atoms. The van der Waals surface area contributed by atoms with Gasteiger partial charge in [-0.1, -0.05) is 152 Å². The number of hydrogen-bond acceptors (Lipinski definition) is 3. The molecule has 11 rings (SSSR count). The first kappa shape index (κ1) is 31.6. The van der Waals surface area contributed by atoms with Crippen LogP contribution in [0.15, 0.2) is 205 Å². The molecule has 2 heterocycles. The number of anilines is 3. The van der Waals surface area contributed by atoms with Crippen molar-refractivity contribution >= 4 is 81.3 Å². The molecule has 0 saturated heterocycles. The molecular weight excluding hydrogens is 687 g/mol. The number of hydrogen-bond donors (Lipinski definition) is 0. The van der Waals surface area contributed by atoms with Gasteiger partial charge in [-0.2, -0.15) is 0 Å². The monoisotopic (exact) mass is 719 g/mol. The van der Waals surface area contributed by atoms with E-state index in [2.05, 4.69) is 193 Å². The quantitative estimate of drug-likeness (QED) is 0.170. The number of fused-ring (bicyclic) bond motifs is 7. The summed E-state index contributed by atoms with van der Waals surface area (Å²) in [7, 11) is 0. The third kappa shape index (κ3) is 5.32. The average molecular weight is 720 g/mol. The molecule has 0 atom stereocenters. The minimum absolute atomic E-state index is 0.908. The Labute approximate surface area is 322 Å². The van der Waals surface area contributed by atoms with E-state index in [0.717, 1.165) is 50.1 Å². The van der Waals surface area contributed by atoms with Gasteiger partial charge in [0.05, 0.1) is 0 Å². The van der Waals surface area contributed by atoms with Gasteiger partial charge in [-0.15, -0.1) is 11.3 Å². The van der Waals surface area contributed by atoms with E-state index in [1.54, 1.807) is 0 Å². The van der Waals surface area contributed by atoms with Crippen molar-refractivity contribution < 1.29 is 4.42 Å². The van der Waals surface area contributed by atoms with Crippen LogP contribution in [0.3, 0.4) is 0 Å². The summed E-state index contributed by atoms with van der Waals surface area (Å²) >= 11 is 1.87. The first-order valence-corrected chi connectivity index (χ1v) is 19.5. The van der Waals surface area contributed by atoms with Gasteiger partial charge in [-0.25, -0.2) is 0 Å². The van der Waals surface area contributed by atoms with Crippen molar-refractivity contribution in [3.05, 3.63) is 200 Å². The lowest BCUT2D eigenvalue weighted by Gasteiger charge is -2.26. The van der Waals surface area contributed by atoms with Crippen molar-refractivity contribution in [3.63, 3.8) is 0 Å². The summed E-state index contributed by atoms with van der Waals surface area (Å²) in [6.07, 6.45) is 0. The lowest BCUT2D eigenvalue weighted by molar-refractivity contribution is 0.670. The summed E-state index contributed by atoms with van der Waals surface area (Å²) in [6.45, 7) is 0. The van der Waals surface area contributed by atoms with Crippen LogP contribution in [-0.2, 0) is 0 Å². The normalized spacial score (nSPS) is 11.6. The van der Waals surface area contributed by atoms with Crippen LogP contribution >= 0.6 is 11.3 Å². The van der Waals surface area contributed by atoms with Crippen molar-refractivity contribution in [3.8, 4) is 33.4 Å². The van der Waals surface area contributed by atoms with E-state index in [0.29, 0.717) is 0 Å². The van der Waals surface area contributed by atoms with Crippen LogP contribution in [0.5, 0.6) is 0 Å². The van der Waals surface area contributed by atoms with Crippen LogP contribution in [-0.4, -0.2) is 0 Å². The maximum atomic E-state index is 6.42. The molecule has 0 aliphatic rings. The Bertz CT molecular complexity index is 3200. The number of rotatable bonds is 6. The molecule has 0 aliphatic carbocycles. The lowest BCUT2D eigenvalue weighted by Crippen LogP contribution is -2.10. The molecule has 0 N–H and O–H groups in total. The average Bonchev–Trinajstić information content (AvgIpc) is 3.83. The zero-order valence-corrected chi connectivity index (χ0v) is 30.6. The summed E-state index contributed by atoms with van der Waals surface area (Å²) < 4.78 is 9.05. The Morgan fingerprint density at radius 1 is 0.364 bits per heavy atom. The zero-order valence-electron chi connectivity index (χ0n) is 29.8. The van der Waals surface area contributed by atoms with E-state index < -0.39 is 0 Å². The summed E-state index contributed by atoms with van der Waals surface area (Å²) in [5.41, 5.74) is 12.2. The minimum Gasteiger partial charge on any atom is -0.455 e. The van der Waals surface area contributed by atoms with Gasteiger partial charge in [-0.05, 0) is 87.1 Å². The van der Waals surface area contributed by atoms with E-state index in [4.69, 9.17) is 4.42 Å². The van der Waals surface area contributed by atoms with Crippen LogP contribution in [0.4, 0.5) is 17.1 Å². The van der Waals surface area contributed by atoms with Crippen LogP contribution in [0, 0.1) is 0 Å². The topological polar surface area (TPSA) is 16.4 Å². The van der Waals surface area contributed by atoms with E-state index in [9.17, 15) is 0 Å². The highest BCUT2D eigenvalue weighted by molar-refractivity contribution is 7.26. The number of nitrogens with zero attached hydrogens (tertiary/aromatic N) is 1. The SMILES string of the molecule is c1cc(-c2cccc3c2sc2ccccc23)cc(N(c2ccc(-c3cccc4ccccc34)cc2)c2ccc(-c3cccc4c3oc3ccccc34)cc2)c1. The van der Waals surface area contributed by atoms with Gasteiger partial charge in [0.2, 0.25) is 0 Å². The van der Waals surface area contributed by atoms with Crippen LogP contribution in [0.1, 0.15) is 0 Å². The molecule has 3 heteroatoms. The number of para-hydroxylation sites is 2. The van der Waals surface area contributed by atoms with Crippen molar-refractivity contribution in [1.29, 1.82) is 0 Å². The van der Waals surface area contributed by atoms with Gasteiger partial charge in [-0.3, -0.25) is 0 Å². The van der Waals surface area contributed by atoms with Gasteiger partial charge in [0.15, 0.2) is 0 Å². The first-order valence-electron chi connectivity index (χ1n) is 18.7. The van der Waals surface area contributed by atoms with Gasteiger partial charge < -0.3 is 9.32 Å². The molecule has 2 nitrogen and oxygen atoms in total. The van der Waals surface area contributed by atoms with Gasteiger partial charge in [0.25, 0.3) is 0 Å². The molecule has 55 heavy (non-hydrogen) atoms. The van der Waals surface area contributed by atoms with Gasteiger partial charge >= 0.3 is 0 Å². The minimum atomic E-state index is 0.908. The van der Waals surface area contributed by atoms with Crippen LogP contribution in [0.2, 0.25) is 0 Å². The fraction of sp³-hybridized carbons (Fsp3) is 0. The third-order valence-electron chi connectivity index (χ3n) is 10.9. The maximum Gasteiger partial charge on any atom is 0.143 e. The van der Waals surface area contributed by atoms with Crippen LogP contribution in [0.25, 0.3) is 86.3 Å². The summed E-state index contributed by atoms with van der Waals surface area (Å²) in [5, 5.41) is 7.39. The molecule has 0 aliphatic heterocycles. The van der Waals surface area contributed by atoms with Crippen molar-refractivity contribution in [2.24, 2.45) is 0 Å². The van der Waals surface area contributed by atoms with Gasteiger partial charge in [0.1, 0.15) is 11.2 Å². The first-order chi connectivity index (χ1) is 27.3. The number of furan rings is 1. The predicted octanol–water partition coefficient (Wildman–Crippen LogP) is 15.6. The van der Waals surface area contributed by atoms with Crippen molar-refractivity contribution in [2.45, 2.75) is 0 Å². The molecular formula is C52H33NOS. The second kappa shape index (κ2) is 12.9. The highest BCUT2D eigenvalue weighted by Gasteiger charge is 2.18. The second-order valence-electron chi connectivity index (χ2n) is 14.1. The Hall–Kier alpha value is -6.94. The summed E-state index contributed by atoms with van der Waals surface area (Å²) in [6, 6.07) is 72.1. The predicted molar refractivity (Wildman–Crippen MR) is 235 cm³/mol. The standard InChI is InChI=1S/C52H33NOS/c1-2-15-41-34(11-1)12-8-18-42(41)35-25-29-38(30-26-35)53(39-31-27-36(28-32-39)43-19-9-21-47-45-16-3-5-23-49(45)54-51(43)47)40-14-7-13-37(33-40)44-20-10-22-48-46-17-4-6-24-50(46)55-52(44)48/h1-33H. The Kier molecular flexibility index (Phi) is 7.39. The number of thiophene rings is 1. The van der Waals surface area contributed by atoms with Crippen molar-refractivity contribution in [2.75, 3.05) is 4.90 Å². The molecule has 0 bridgehead atoms. The fourth-order valence-electron chi connectivity index (χ4n) is 8.27. The van der Waals surface area contributed by atoms with Gasteiger partial charge in [0, 0.05) is 53.6 Å². The fourth-order valence-corrected chi connectivity index (χ4v) is 9.50. The molecule has 0 unspecified atom stereocenters. The Balaban J connectivity index is 1.04. The smallest absolute Gasteiger partial charge is 0.143 e. The Morgan fingerprint density at radius 2 is 0.945 bits per heavy atom. The second-order valence-corrected chi connectivity index (χ2v) is 15.1. The number of benzene rings is 9. The molecule has 0 fully saturated rings. The molecule has 0 saturated carbocycles. The lowest BCUT2D eigenvalue weighted by atomic mass is 9.98. The maximum absolute atomic E-state index is 6.42. The van der Waals surface area contributed by atoms with Crippen molar-refractivity contribution in [1.82, 2.24) is 0 Å². The molecule has 258 valence electrons. The third-order valence-corrected chi connectivity index (χ3v) is 12.1. The molecule has 0 radical (unpaired) electrons. The largest absolute Gasteiger partial charge is 0.455 e. The highest BCUT2D eigenvalue weighted by Crippen LogP contribution is 2.43. The van der Waals surface area contributed by atoms with E-state index in [1.807, 2.05) is 23.5 Å². The summed E-state index contributed by atoms with van der Waals surface area (Å²) in [4.78, 5) is 2.37. The van der Waals surface area contributed by atoms with Crippen LogP contribution < -0.4 is 4.90 Å².